The predicted octanol–water partition coefficient (Wildman–Crippen LogP) is -1.49. The molecule has 0 aliphatic rings. The third kappa shape index (κ3) is 11.6. The maximum absolute atomic E-state index is 6.25. The van der Waals surface area contributed by atoms with E-state index in [1.165, 1.54) is 26.4 Å². The Labute approximate surface area is 300 Å². The van der Waals surface area contributed by atoms with E-state index in [2.05, 4.69) is 182 Å². The summed E-state index contributed by atoms with van der Waals surface area (Å²) < 4.78 is 9.00. The van der Waals surface area contributed by atoms with Gasteiger partial charge in [0.05, 0.1) is 0 Å². The number of hydrogen-bond donors (Lipinski definition) is 0. The summed E-state index contributed by atoms with van der Waals surface area (Å²) in [4.78, 5) is 0. The molecule has 6 heteroatoms. The van der Waals surface area contributed by atoms with Crippen LogP contribution in [0.5, 0.6) is 0 Å². The molecule has 0 unspecified atom stereocenters. The Morgan fingerprint density at radius 1 is 0.279 bits per heavy atom. The molecule has 0 aliphatic heterocycles. The summed E-state index contributed by atoms with van der Waals surface area (Å²) in [5, 5.41) is 6.25. The van der Waals surface area contributed by atoms with Crippen molar-refractivity contribution in [3.8, 4) is 0 Å². The van der Waals surface area contributed by atoms with Crippen LogP contribution in [0, 0.1) is 11.8 Å². The first-order chi connectivity index (χ1) is 19.9. The van der Waals surface area contributed by atoms with E-state index in [0.29, 0.717) is 0 Å². The molecule has 0 aliphatic carbocycles. The number of rotatable bonds is 6. The average Bonchev–Trinajstić information content (AvgIpc) is 3.06. The predicted molar refractivity (Wildman–Crippen MR) is 173 cm³/mol. The van der Waals surface area contributed by atoms with Crippen LogP contribution in [0.25, 0.3) is 0 Å². The van der Waals surface area contributed by atoms with Crippen molar-refractivity contribution >= 4 is 55.1 Å². The van der Waals surface area contributed by atoms with Gasteiger partial charge in [-0.2, -0.15) is 0 Å². The van der Waals surface area contributed by atoms with E-state index in [0.717, 1.165) is 0 Å². The van der Waals surface area contributed by atoms with Gasteiger partial charge in [-0.15, -0.1) is 0 Å². The second-order valence-corrected chi connectivity index (χ2v) is 19.4. The fourth-order valence-corrected chi connectivity index (χ4v) is 15.4. The summed E-state index contributed by atoms with van der Waals surface area (Å²) in [6.07, 6.45) is 0. The Balaban J connectivity index is 0.000000381. The zero-order valence-corrected chi connectivity index (χ0v) is 29.7. The van der Waals surface area contributed by atoms with Gasteiger partial charge in [-0.1, -0.05) is 0 Å². The van der Waals surface area contributed by atoms with Crippen molar-refractivity contribution in [2.45, 2.75) is 0 Å². The summed E-state index contributed by atoms with van der Waals surface area (Å²) in [6, 6.07) is 65.6. The molecular formula is C37H30CuGe2Li2N+. The summed E-state index contributed by atoms with van der Waals surface area (Å²) in [7, 11) is 0. The zero-order valence-electron chi connectivity index (χ0n) is 24.6. The molecule has 0 saturated heterocycles. The minimum absolute atomic E-state index is 0. The van der Waals surface area contributed by atoms with Gasteiger partial charge in [0.1, 0.15) is 0 Å². The van der Waals surface area contributed by atoms with E-state index in [-0.39, 0.29) is 54.8 Å². The van der Waals surface area contributed by atoms with E-state index >= 15 is 0 Å². The molecule has 1 nitrogen and oxygen atoms in total. The van der Waals surface area contributed by atoms with Gasteiger partial charge in [-0.25, -0.2) is 0 Å². The average molecular weight is 711 g/mol. The van der Waals surface area contributed by atoms with Crippen molar-refractivity contribution < 1.29 is 54.8 Å². The van der Waals surface area contributed by atoms with Crippen molar-refractivity contribution in [1.82, 2.24) is 0 Å². The summed E-state index contributed by atoms with van der Waals surface area (Å²) >= 11 is -3.26. The van der Waals surface area contributed by atoms with Crippen LogP contribution in [0.15, 0.2) is 182 Å². The molecule has 0 N–H and O–H groups in total. The van der Waals surface area contributed by atoms with Crippen LogP contribution in [-0.4, -0.2) is 28.7 Å². The maximum atomic E-state index is 6.25. The van der Waals surface area contributed by atoms with Crippen LogP contribution in [0.4, 0.5) is 0 Å². The summed E-state index contributed by atoms with van der Waals surface area (Å²) in [5.74, 6) is 0. The quantitative estimate of drug-likeness (QED) is 0.153. The van der Waals surface area contributed by atoms with Gasteiger partial charge in [0.2, 0.25) is 0 Å². The minimum atomic E-state index is -1.63. The molecule has 203 valence electrons. The first kappa shape index (κ1) is 38.6. The molecule has 0 bridgehead atoms. The standard InChI is InChI=1S/2C18H15Ge.CN.Cu.2Li/c2*1-4-10-16(11-5-1)19(17-12-6-2-7-13-17)18-14-8-3-9-15-18;1-2;;;/h2*1-15H;;;;/q;;-1;;2*+1. The van der Waals surface area contributed by atoms with Gasteiger partial charge in [-0.3, -0.25) is 0 Å². The van der Waals surface area contributed by atoms with Crippen molar-refractivity contribution in [3.05, 3.63) is 189 Å². The van der Waals surface area contributed by atoms with Crippen molar-refractivity contribution in [1.29, 1.82) is 5.26 Å². The molecule has 0 heterocycles. The van der Waals surface area contributed by atoms with Crippen LogP contribution >= 0.6 is 0 Å². The van der Waals surface area contributed by atoms with E-state index in [1.807, 2.05) is 0 Å². The van der Waals surface area contributed by atoms with Gasteiger partial charge < -0.3 is 11.8 Å². The van der Waals surface area contributed by atoms with Crippen LogP contribution in [0.2, 0.25) is 0 Å². The van der Waals surface area contributed by atoms with Crippen molar-refractivity contribution in [2.24, 2.45) is 0 Å². The zero-order chi connectivity index (χ0) is 27.8. The summed E-state index contributed by atoms with van der Waals surface area (Å²) in [5.41, 5.74) is 0. The molecule has 0 aromatic heterocycles. The molecule has 43 heavy (non-hydrogen) atoms. The fourth-order valence-electron chi connectivity index (χ4n) is 4.63. The van der Waals surface area contributed by atoms with Crippen molar-refractivity contribution in [2.75, 3.05) is 0 Å². The van der Waals surface area contributed by atoms with E-state index in [4.69, 9.17) is 11.8 Å². The molecule has 0 amide bonds. The van der Waals surface area contributed by atoms with Gasteiger partial charge in [0, 0.05) is 17.1 Å². The topological polar surface area (TPSA) is 23.8 Å². The molecule has 6 aromatic rings. The number of hydrogen-bond acceptors (Lipinski definition) is 1. The fraction of sp³-hybridized carbons (Fsp3) is 0. The Morgan fingerprint density at radius 2 is 0.395 bits per heavy atom. The molecular weight excluding hydrogens is 681 g/mol. The van der Waals surface area contributed by atoms with Gasteiger partial charge in [0.25, 0.3) is 0 Å². The van der Waals surface area contributed by atoms with E-state index in [1.54, 1.807) is 0 Å². The molecule has 0 fully saturated rings. The number of benzene rings is 6. The van der Waals surface area contributed by atoms with Gasteiger partial charge >= 0.3 is 275 Å². The van der Waals surface area contributed by atoms with E-state index in [9.17, 15) is 0 Å². The third-order valence-corrected chi connectivity index (χ3v) is 17.8. The second-order valence-electron chi connectivity index (χ2n) is 8.95. The van der Waals surface area contributed by atoms with Crippen LogP contribution in [0.3, 0.4) is 0 Å². The Kier molecular flexibility index (Phi) is 19.9. The molecule has 3 radical (unpaired) electrons. The SMILES string of the molecule is [C-]#N.[Cu].[Li+].[Li+].c1cc[c]([Ge]([c]2ccccc2)[c]2ccccc2)cc1.c1cc[c]([Ge]([c]2ccccc2)[c]2ccccc2)cc1. The van der Waals surface area contributed by atoms with Crippen LogP contribution in [0.1, 0.15) is 0 Å². The first-order valence-electron chi connectivity index (χ1n) is 13.2. The normalized spacial score (nSPS) is 9.40. The van der Waals surface area contributed by atoms with Gasteiger partial charge in [-0.05, 0) is 0 Å². The van der Waals surface area contributed by atoms with Crippen LogP contribution < -0.4 is 64.1 Å². The summed E-state index contributed by atoms with van der Waals surface area (Å²) in [6.45, 7) is 4.75. The Bertz CT molecular complexity index is 1240. The monoisotopic (exact) mass is 713 g/mol. The molecule has 0 saturated carbocycles. The molecule has 6 aromatic carbocycles. The Morgan fingerprint density at radius 3 is 0.512 bits per heavy atom. The van der Waals surface area contributed by atoms with Gasteiger partial charge in [0.15, 0.2) is 0 Å². The Hall–Kier alpha value is -2.39. The molecule has 0 spiro atoms. The third-order valence-electron chi connectivity index (χ3n) is 6.37. The van der Waals surface area contributed by atoms with Crippen LogP contribution in [-0.2, 0) is 17.1 Å². The second kappa shape index (κ2) is 22.2. The van der Waals surface area contributed by atoms with E-state index < -0.39 is 28.7 Å². The number of nitrogens with zero attached hydrogens (tertiary/aromatic N) is 1. The first-order valence-corrected chi connectivity index (χ1v) is 19.5. The molecule has 6 rings (SSSR count). The van der Waals surface area contributed by atoms with Crippen molar-refractivity contribution in [3.63, 3.8) is 0 Å². The molecule has 0 atom stereocenters.